The number of aliphatic hydroxyl groups is 1. The number of benzene rings is 1. The summed E-state index contributed by atoms with van der Waals surface area (Å²) in [5.74, 6) is 0.674. The van der Waals surface area contributed by atoms with Crippen LogP contribution in [0.25, 0.3) is 0 Å². The maximum Gasteiger partial charge on any atom is 0.0689 e. The van der Waals surface area contributed by atoms with Gasteiger partial charge in [-0.15, -0.1) is 11.8 Å². The number of nitrogens with zero attached hydrogens (tertiary/aromatic N) is 1. The van der Waals surface area contributed by atoms with E-state index in [0.29, 0.717) is 12.2 Å². The van der Waals surface area contributed by atoms with Gasteiger partial charge in [0.2, 0.25) is 0 Å². The highest BCUT2D eigenvalue weighted by molar-refractivity contribution is 9.10. The lowest BCUT2D eigenvalue weighted by Gasteiger charge is -2.10. The molecule has 0 aliphatic carbocycles. The first kappa shape index (κ1) is 15.5. The van der Waals surface area contributed by atoms with Gasteiger partial charge in [0.25, 0.3) is 0 Å². The Kier molecular flexibility index (Phi) is 6.07. The minimum atomic E-state index is -0.376. The van der Waals surface area contributed by atoms with Crippen molar-refractivity contribution in [3.63, 3.8) is 0 Å². The number of rotatable bonds is 6. The number of thioether (sulfide) groups is 1. The summed E-state index contributed by atoms with van der Waals surface area (Å²) >= 11 is 5.11. The van der Waals surface area contributed by atoms with Gasteiger partial charge in [0.05, 0.1) is 6.10 Å². The average molecular weight is 352 g/mol. The molecule has 0 aliphatic heterocycles. The summed E-state index contributed by atoms with van der Waals surface area (Å²) in [5, 5.41) is 10.1. The number of hydrogen-bond donors (Lipinski definition) is 1. The molecule has 106 valence electrons. The molecular weight excluding hydrogens is 334 g/mol. The maximum atomic E-state index is 10.1. The van der Waals surface area contributed by atoms with E-state index in [9.17, 15) is 5.11 Å². The molecule has 2 aromatic rings. The van der Waals surface area contributed by atoms with E-state index in [1.807, 2.05) is 24.4 Å². The monoisotopic (exact) mass is 351 g/mol. The maximum absolute atomic E-state index is 10.1. The molecule has 4 heteroatoms. The second kappa shape index (κ2) is 7.81. The normalized spacial score (nSPS) is 12.3. The molecule has 1 unspecified atom stereocenters. The summed E-state index contributed by atoms with van der Waals surface area (Å²) in [4.78, 5) is 5.54. The standard InChI is InChI=1S/C16H18BrNOS/c1-2-12-6-7-14(18-10-12)9-15(19)11-20-16-5-3-4-13(17)8-16/h3-8,10,15,19H,2,9,11H2,1H3. The third-order valence-corrected chi connectivity index (χ3v) is 4.61. The summed E-state index contributed by atoms with van der Waals surface area (Å²) in [6.45, 7) is 2.11. The van der Waals surface area contributed by atoms with Gasteiger partial charge in [-0.2, -0.15) is 0 Å². The van der Waals surface area contributed by atoms with Crippen LogP contribution in [-0.2, 0) is 12.8 Å². The SMILES string of the molecule is CCc1ccc(CC(O)CSc2cccc(Br)c2)nc1. The van der Waals surface area contributed by atoms with Crippen LogP contribution in [0.4, 0.5) is 0 Å². The topological polar surface area (TPSA) is 33.1 Å². The van der Waals surface area contributed by atoms with E-state index in [1.54, 1.807) is 11.8 Å². The minimum absolute atomic E-state index is 0.376. The molecule has 2 rings (SSSR count). The highest BCUT2D eigenvalue weighted by Gasteiger charge is 2.08. The first-order valence-electron chi connectivity index (χ1n) is 6.67. The molecule has 20 heavy (non-hydrogen) atoms. The molecule has 1 aromatic carbocycles. The predicted molar refractivity (Wildman–Crippen MR) is 88.2 cm³/mol. The van der Waals surface area contributed by atoms with Gasteiger partial charge < -0.3 is 5.11 Å². The van der Waals surface area contributed by atoms with E-state index in [4.69, 9.17) is 0 Å². The van der Waals surface area contributed by atoms with Crippen LogP contribution in [0, 0.1) is 0 Å². The van der Waals surface area contributed by atoms with Crippen molar-refractivity contribution in [3.05, 3.63) is 58.3 Å². The van der Waals surface area contributed by atoms with Gasteiger partial charge in [-0.3, -0.25) is 4.98 Å². The van der Waals surface area contributed by atoms with Crippen LogP contribution in [0.1, 0.15) is 18.2 Å². The van der Waals surface area contributed by atoms with Crippen molar-refractivity contribution in [2.24, 2.45) is 0 Å². The largest absolute Gasteiger partial charge is 0.392 e. The molecule has 1 N–H and O–H groups in total. The molecule has 0 saturated heterocycles. The van der Waals surface area contributed by atoms with Crippen molar-refractivity contribution in [2.45, 2.75) is 30.8 Å². The van der Waals surface area contributed by atoms with Crippen LogP contribution in [0.5, 0.6) is 0 Å². The van der Waals surface area contributed by atoms with Gasteiger partial charge >= 0.3 is 0 Å². The van der Waals surface area contributed by atoms with Gasteiger partial charge in [0, 0.05) is 33.4 Å². The van der Waals surface area contributed by atoms with Crippen molar-refractivity contribution in [1.29, 1.82) is 0 Å². The lowest BCUT2D eigenvalue weighted by molar-refractivity contribution is 0.199. The minimum Gasteiger partial charge on any atom is -0.392 e. The van der Waals surface area contributed by atoms with Gasteiger partial charge in [-0.05, 0) is 36.2 Å². The van der Waals surface area contributed by atoms with E-state index in [1.165, 1.54) is 5.56 Å². The van der Waals surface area contributed by atoms with Gasteiger partial charge in [-0.25, -0.2) is 0 Å². The fourth-order valence-electron chi connectivity index (χ4n) is 1.83. The zero-order chi connectivity index (χ0) is 14.4. The molecule has 1 aromatic heterocycles. The van der Waals surface area contributed by atoms with Crippen LogP contribution in [0.15, 0.2) is 52.0 Å². The van der Waals surface area contributed by atoms with Crippen LogP contribution in [0.3, 0.4) is 0 Å². The zero-order valence-corrected chi connectivity index (χ0v) is 13.8. The number of hydrogen-bond acceptors (Lipinski definition) is 3. The smallest absolute Gasteiger partial charge is 0.0689 e. The van der Waals surface area contributed by atoms with Crippen LogP contribution in [0.2, 0.25) is 0 Å². The van der Waals surface area contributed by atoms with E-state index >= 15 is 0 Å². The second-order valence-corrected chi connectivity index (χ2v) is 6.65. The van der Waals surface area contributed by atoms with Crippen LogP contribution in [-0.4, -0.2) is 21.9 Å². The number of aryl methyl sites for hydroxylation is 1. The lowest BCUT2D eigenvalue weighted by atomic mass is 10.1. The Hall–Kier alpha value is -0.840. The lowest BCUT2D eigenvalue weighted by Crippen LogP contribution is -2.14. The Morgan fingerprint density at radius 3 is 2.80 bits per heavy atom. The summed E-state index contributed by atoms with van der Waals surface area (Å²) in [7, 11) is 0. The summed E-state index contributed by atoms with van der Waals surface area (Å²) in [5.41, 5.74) is 2.18. The molecule has 0 amide bonds. The predicted octanol–water partition coefficient (Wildman–Crippen LogP) is 4.10. The summed E-state index contributed by atoms with van der Waals surface area (Å²) in [6, 6.07) is 12.2. The number of aromatic nitrogens is 1. The van der Waals surface area contributed by atoms with E-state index in [0.717, 1.165) is 21.5 Å². The quantitative estimate of drug-likeness (QED) is 0.795. The van der Waals surface area contributed by atoms with Crippen molar-refractivity contribution in [1.82, 2.24) is 4.98 Å². The second-order valence-electron chi connectivity index (χ2n) is 4.64. The van der Waals surface area contributed by atoms with Crippen LogP contribution < -0.4 is 0 Å². The van der Waals surface area contributed by atoms with Crippen molar-refractivity contribution < 1.29 is 5.11 Å². The molecule has 0 spiro atoms. The van der Waals surface area contributed by atoms with Crippen molar-refractivity contribution >= 4 is 27.7 Å². The molecule has 1 atom stereocenters. The Morgan fingerprint density at radius 1 is 1.30 bits per heavy atom. The van der Waals surface area contributed by atoms with Crippen LogP contribution >= 0.6 is 27.7 Å². The fourth-order valence-corrected chi connectivity index (χ4v) is 3.27. The molecule has 0 fully saturated rings. The molecule has 0 radical (unpaired) electrons. The number of halogens is 1. The Morgan fingerprint density at radius 2 is 2.15 bits per heavy atom. The fraction of sp³-hybridized carbons (Fsp3) is 0.312. The third kappa shape index (κ3) is 4.93. The van der Waals surface area contributed by atoms with E-state index < -0.39 is 0 Å². The Balaban J connectivity index is 1.84. The summed E-state index contributed by atoms with van der Waals surface area (Å²) in [6.07, 6.45) is 3.11. The van der Waals surface area contributed by atoms with Gasteiger partial charge in [-0.1, -0.05) is 35.0 Å². The molecular formula is C16H18BrNOS. The zero-order valence-electron chi connectivity index (χ0n) is 11.4. The average Bonchev–Trinajstić information content (AvgIpc) is 2.46. The Labute approximate surface area is 132 Å². The summed E-state index contributed by atoms with van der Waals surface area (Å²) < 4.78 is 1.06. The highest BCUT2D eigenvalue weighted by Crippen LogP contribution is 2.23. The van der Waals surface area contributed by atoms with Gasteiger partial charge in [0.15, 0.2) is 0 Å². The van der Waals surface area contributed by atoms with Gasteiger partial charge in [0.1, 0.15) is 0 Å². The first-order valence-corrected chi connectivity index (χ1v) is 8.45. The number of aliphatic hydroxyl groups excluding tert-OH is 1. The Bertz CT molecular complexity index is 544. The number of pyridine rings is 1. The van der Waals surface area contributed by atoms with E-state index in [-0.39, 0.29) is 6.10 Å². The van der Waals surface area contributed by atoms with Crippen molar-refractivity contribution in [2.75, 3.05) is 5.75 Å². The third-order valence-electron chi connectivity index (χ3n) is 2.98. The molecule has 1 heterocycles. The highest BCUT2D eigenvalue weighted by atomic mass is 79.9. The molecule has 0 bridgehead atoms. The van der Waals surface area contributed by atoms with E-state index in [2.05, 4.69) is 46.0 Å². The first-order chi connectivity index (χ1) is 9.67. The van der Waals surface area contributed by atoms with Crippen molar-refractivity contribution in [3.8, 4) is 0 Å². The molecule has 0 saturated carbocycles. The molecule has 0 aliphatic rings. The molecule has 2 nitrogen and oxygen atoms in total.